The zero-order valence-corrected chi connectivity index (χ0v) is 20.6. The Kier molecular flexibility index (Phi) is 11.9. The number of nitrogens with zero attached hydrogens (tertiary/aromatic N) is 1. The monoisotopic (exact) mass is 524 g/mol. The fourth-order valence-corrected chi connectivity index (χ4v) is 2.81. The first-order chi connectivity index (χ1) is 14.1. The molecule has 1 amide bonds. The molecule has 7 heteroatoms. The van der Waals surface area contributed by atoms with Crippen molar-refractivity contribution in [1.29, 1.82) is 0 Å². The van der Waals surface area contributed by atoms with Crippen molar-refractivity contribution in [3.05, 3.63) is 64.7 Å². The highest BCUT2D eigenvalue weighted by Crippen LogP contribution is 2.20. The van der Waals surface area contributed by atoms with Crippen LogP contribution in [0.2, 0.25) is 0 Å². The van der Waals surface area contributed by atoms with Gasteiger partial charge in [-0.05, 0) is 57.0 Å². The van der Waals surface area contributed by atoms with E-state index >= 15 is 0 Å². The Morgan fingerprint density at radius 1 is 0.967 bits per heavy atom. The van der Waals surface area contributed by atoms with Crippen molar-refractivity contribution in [3.8, 4) is 5.75 Å². The Hall–Kier alpha value is -2.29. The summed E-state index contributed by atoms with van der Waals surface area (Å²) in [5.74, 6) is 1.58. The van der Waals surface area contributed by atoms with Crippen molar-refractivity contribution in [3.63, 3.8) is 0 Å². The highest BCUT2D eigenvalue weighted by molar-refractivity contribution is 14.0. The van der Waals surface area contributed by atoms with Gasteiger partial charge in [0.05, 0.1) is 13.2 Å². The third-order valence-electron chi connectivity index (χ3n) is 4.29. The number of halogens is 1. The third-order valence-corrected chi connectivity index (χ3v) is 4.29. The lowest BCUT2D eigenvalue weighted by atomic mass is 10.1. The minimum atomic E-state index is -0.0549. The molecular weight excluding hydrogens is 491 g/mol. The van der Waals surface area contributed by atoms with Crippen molar-refractivity contribution < 1.29 is 9.53 Å². The molecule has 0 atom stereocenters. The molecule has 0 unspecified atom stereocenters. The average Bonchev–Trinajstić information content (AvgIpc) is 2.72. The van der Waals surface area contributed by atoms with E-state index in [9.17, 15) is 4.79 Å². The van der Waals surface area contributed by atoms with Gasteiger partial charge in [-0.2, -0.15) is 0 Å². The molecule has 164 valence electrons. The van der Waals surface area contributed by atoms with Gasteiger partial charge in [-0.25, -0.2) is 4.99 Å². The van der Waals surface area contributed by atoms with Crippen molar-refractivity contribution in [2.45, 2.75) is 40.8 Å². The maximum atomic E-state index is 11.9. The highest BCUT2D eigenvalue weighted by atomic mass is 127. The molecule has 0 heterocycles. The number of hydrogen-bond acceptors (Lipinski definition) is 3. The molecule has 3 N–H and O–H groups in total. The highest BCUT2D eigenvalue weighted by Gasteiger charge is 2.06. The fourth-order valence-electron chi connectivity index (χ4n) is 2.81. The Balaban J connectivity index is 0.00000450. The maximum absolute atomic E-state index is 11.9. The number of aliphatic imine (C=N–C) groups is 1. The lowest BCUT2D eigenvalue weighted by Crippen LogP contribution is -2.36. The van der Waals surface area contributed by atoms with Gasteiger partial charge < -0.3 is 20.7 Å². The second-order valence-corrected chi connectivity index (χ2v) is 6.65. The number of carbonyl (C=O) groups excluding carboxylic acids is 1. The number of nitrogens with one attached hydrogen (secondary N) is 3. The molecule has 2 aromatic rings. The van der Waals surface area contributed by atoms with E-state index in [0.717, 1.165) is 29.4 Å². The zero-order chi connectivity index (χ0) is 21.1. The first-order valence-electron chi connectivity index (χ1n) is 10.2. The molecule has 2 aromatic carbocycles. The number of ether oxygens (including phenoxy) is 1. The third kappa shape index (κ3) is 8.22. The summed E-state index contributed by atoms with van der Waals surface area (Å²) in [6, 6.07) is 13.8. The van der Waals surface area contributed by atoms with Crippen LogP contribution in [0.4, 0.5) is 0 Å². The smallest absolute Gasteiger partial charge is 0.251 e. The molecule has 0 bridgehead atoms. The molecule has 0 saturated carbocycles. The summed E-state index contributed by atoms with van der Waals surface area (Å²) in [7, 11) is 0. The normalized spacial score (nSPS) is 10.7. The second kappa shape index (κ2) is 13.8. The largest absolute Gasteiger partial charge is 0.494 e. The van der Waals surface area contributed by atoms with Gasteiger partial charge in [0.2, 0.25) is 0 Å². The van der Waals surface area contributed by atoms with Gasteiger partial charge in [0.1, 0.15) is 5.75 Å². The number of amides is 1. The first kappa shape index (κ1) is 25.7. The van der Waals surface area contributed by atoms with Crippen LogP contribution in [0.5, 0.6) is 5.75 Å². The van der Waals surface area contributed by atoms with E-state index in [2.05, 4.69) is 46.1 Å². The van der Waals surface area contributed by atoms with Crippen molar-refractivity contribution in [2.24, 2.45) is 4.99 Å². The molecule has 30 heavy (non-hydrogen) atoms. The lowest BCUT2D eigenvalue weighted by molar-refractivity contribution is 0.0956. The Morgan fingerprint density at radius 2 is 1.67 bits per heavy atom. The van der Waals surface area contributed by atoms with E-state index in [4.69, 9.17) is 4.74 Å². The van der Waals surface area contributed by atoms with Gasteiger partial charge in [-0.3, -0.25) is 4.79 Å². The summed E-state index contributed by atoms with van der Waals surface area (Å²) in [5, 5.41) is 9.43. The number of benzene rings is 2. The van der Waals surface area contributed by atoms with Crippen LogP contribution in [-0.4, -0.2) is 31.6 Å². The minimum absolute atomic E-state index is 0. The quantitative estimate of drug-likeness (QED) is 0.263. The summed E-state index contributed by atoms with van der Waals surface area (Å²) >= 11 is 0. The van der Waals surface area contributed by atoms with Crippen LogP contribution in [-0.2, 0) is 13.1 Å². The average molecular weight is 524 g/mol. The van der Waals surface area contributed by atoms with Crippen LogP contribution < -0.4 is 20.7 Å². The van der Waals surface area contributed by atoms with E-state index in [-0.39, 0.29) is 29.9 Å². The molecule has 0 aliphatic carbocycles. The summed E-state index contributed by atoms with van der Waals surface area (Å²) in [6.07, 6.45) is 0. The fraction of sp³-hybridized carbons (Fsp3) is 0.391. The van der Waals surface area contributed by atoms with Gasteiger partial charge in [0.25, 0.3) is 5.91 Å². The topological polar surface area (TPSA) is 74.8 Å². The summed E-state index contributed by atoms with van der Waals surface area (Å²) in [5.41, 5.74) is 3.97. The molecule has 0 fully saturated rings. The van der Waals surface area contributed by atoms with Crippen molar-refractivity contribution >= 4 is 35.8 Å². The number of hydrogen-bond donors (Lipinski definition) is 3. The van der Waals surface area contributed by atoms with E-state index in [1.807, 2.05) is 45.0 Å². The van der Waals surface area contributed by atoms with Crippen LogP contribution >= 0.6 is 24.0 Å². The van der Waals surface area contributed by atoms with E-state index in [1.54, 1.807) is 0 Å². The maximum Gasteiger partial charge on any atom is 0.251 e. The molecule has 0 saturated heterocycles. The number of aryl methyl sites for hydroxylation is 1. The molecule has 0 aliphatic rings. The van der Waals surface area contributed by atoms with Crippen LogP contribution in [0.15, 0.2) is 47.5 Å². The van der Waals surface area contributed by atoms with Crippen LogP contribution in [0.25, 0.3) is 0 Å². The summed E-state index contributed by atoms with van der Waals surface area (Å²) in [6.45, 7) is 11.2. The SMILES string of the molecule is CCNC(=O)c1ccc(CN=C(NCC)NCc2ccc(C)cc2OCC)cc1.I. The Morgan fingerprint density at radius 3 is 2.30 bits per heavy atom. The Bertz CT molecular complexity index is 822. The summed E-state index contributed by atoms with van der Waals surface area (Å²) < 4.78 is 5.75. The molecule has 6 nitrogen and oxygen atoms in total. The van der Waals surface area contributed by atoms with Crippen LogP contribution in [0.3, 0.4) is 0 Å². The summed E-state index contributed by atoms with van der Waals surface area (Å²) in [4.78, 5) is 16.5. The predicted octanol–water partition coefficient (Wildman–Crippen LogP) is 4.02. The van der Waals surface area contributed by atoms with Gasteiger partial charge in [-0.15, -0.1) is 24.0 Å². The minimum Gasteiger partial charge on any atom is -0.494 e. The van der Waals surface area contributed by atoms with Crippen molar-refractivity contribution in [2.75, 3.05) is 19.7 Å². The van der Waals surface area contributed by atoms with E-state index < -0.39 is 0 Å². The molecule has 0 radical (unpaired) electrons. The van der Waals surface area contributed by atoms with E-state index in [0.29, 0.717) is 31.8 Å². The molecule has 0 aromatic heterocycles. The van der Waals surface area contributed by atoms with Crippen LogP contribution in [0, 0.1) is 6.92 Å². The Labute approximate surface area is 196 Å². The predicted molar refractivity (Wildman–Crippen MR) is 134 cm³/mol. The molecule has 0 spiro atoms. The number of rotatable bonds is 9. The molecule has 2 rings (SSSR count). The standard InChI is InChI=1S/C23H32N4O2.HI/c1-5-24-22(28)19-12-9-18(10-13-19)15-26-23(25-6-2)27-16-20-11-8-17(4)14-21(20)29-7-3;/h8-14H,5-7,15-16H2,1-4H3,(H,24,28)(H2,25,26,27);1H. The van der Waals surface area contributed by atoms with E-state index in [1.165, 1.54) is 5.56 Å². The lowest BCUT2D eigenvalue weighted by Gasteiger charge is -2.15. The van der Waals surface area contributed by atoms with Gasteiger partial charge >= 0.3 is 0 Å². The number of carbonyl (C=O) groups is 1. The van der Waals surface area contributed by atoms with Gasteiger partial charge in [-0.1, -0.05) is 24.3 Å². The van der Waals surface area contributed by atoms with Crippen molar-refractivity contribution in [1.82, 2.24) is 16.0 Å². The number of guanidine groups is 1. The molecular formula is C23H33IN4O2. The van der Waals surface area contributed by atoms with Gasteiger partial charge in [0, 0.05) is 30.8 Å². The van der Waals surface area contributed by atoms with Crippen LogP contribution in [0.1, 0.15) is 47.8 Å². The second-order valence-electron chi connectivity index (χ2n) is 6.65. The molecule has 0 aliphatic heterocycles. The zero-order valence-electron chi connectivity index (χ0n) is 18.2. The van der Waals surface area contributed by atoms with Gasteiger partial charge in [0.15, 0.2) is 5.96 Å². The first-order valence-corrected chi connectivity index (χ1v) is 10.2.